The molecule has 0 radical (unpaired) electrons. The predicted molar refractivity (Wildman–Crippen MR) is 85.3 cm³/mol. The molecule has 1 aromatic rings. The number of sulfonamides is 1. The van der Waals surface area contributed by atoms with E-state index in [9.17, 15) is 18.0 Å². The lowest BCUT2D eigenvalue weighted by Crippen LogP contribution is -2.37. The van der Waals surface area contributed by atoms with E-state index >= 15 is 0 Å². The molecule has 0 aromatic heterocycles. The van der Waals surface area contributed by atoms with Gasteiger partial charge in [-0.1, -0.05) is 13.8 Å². The first-order chi connectivity index (χ1) is 10.7. The summed E-state index contributed by atoms with van der Waals surface area (Å²) in [5, 5.41) is 11.5. The van der Waals surface area contributed by atoms with Gasteiger partial charge in [-0.25, -0.2) is 17.5 Å². The molecule has 8 nitrogen and oxygen atoms in total. The minimum Gasteiger partial charge on any atom is -0.497 e. The number of methoxy groups -OCH3 is 1. The molecule has 0 atom stereocenters. The minimum atomic E-state index is -3.74. The van der Waals surface area contributed by atoms with Crippen molar-refractivity contribution in [3.05, 3.63) is 23.8 Å². The summed E-state index contributed by atoms with van der Waals surface area (Å²) in [6.07, 6.45) is 0. The summed E-state index contributed by atoms with van der Waals surface area (Å²) >= 11 is 0. The van der Waals surface area contributed by atoms with Gasteiger partial charge in [0.05, 0.1) is 18.4 Å². The Labute approximate surface area is 135 Å². The van der Waals surface area contributed by atoms with Crippen LogP contribution in [0, 0.1) is 0 Å². The van der Waals surface area contributed by atoms with Crippen molar-refractivity contribution < 1.29 is 27.9 Å². The Hall–Kier alpha value is -2.13. The van der Waals surface area contributed by atoms with Crippen LogP contribution in [0.2, 0.25) is 0 Å². The second kappa shape index (κ2) is 7.93. The molecule has 0 heterocycles. The standard InChI is InChI=1S/C14H20N2O6S/c1-4-16(5-2)23(20,21)9-13(17)15-12-7-6-10(22-3)8-11(12)14(18)19/h6-8H,4-5,9H2,1-3H3,(H,15,17)(H,18,19). The summed E-state index contributed by atoms with van der Waals surface area (Å²) in [5.74, 6) is -2.49. The number of aromatic carboxylic acids is 1. The highest BCUT2D eigenvalue weighted by molar-refractivity contribution is 7.89. The van der Waals surface area contributed by atoms with Crippen molar-refractivity contribution >= 4 is 27.6 Å². The number of hydrogen-bond acceptors (Lipinski definition) is 5. The zero-order chi connectivity index (χ0) is 17.6. The number of hydrogen-bond donors (Lipinski definition) is 2. The molecule has 1 amide bonds. The first-order valence-corrected chi connectivity index (χ1v) is 8.55. The summed E-state index contributed by atoms with van der Waals surface area (Å²) in [6, 6.07) is 4.07. The minimum absolute atomic E-state index is 0.0121. The van der Waals surface area contributed by atoms with E-state index in [1.54, 1.807) is 13.8 Å². The Balaban J connectivity index is 2.96. The van der Waals surface area contributed by atoms with Gasteiger partial charge < -0.3 is 15.2 Å². The summed E-state index contributed by atoms with van der Waals surface area (Å²) in [6.45, 7) is 3.86. The van der Waals surface area contributed by atoms with Crippen molar-refractivity contribution in [1.29, 1.82) is 0 Å². The highest BCUT2D eigenvalue weighted by Gasteiger charge is 2.23. The molecule has 0 aliphatic carbocycles. The van der Waals surface area contributed by atoms with E-state index in [1.807, 2.05) is 0 Å². The summed E-state index contributed by atoms with van der Waals surface area (Å²) in [5.41, 5.74) is -0.170. The molecular formula is C14H20N2O6S. The third kappa shape index (κ3) is 4.93. The van der Waals surface area contributed by atoms with E-state index in [2.05, 4.69) is 5.32 Å². The van der Waals surface area contributed by atoms with Crippen molar-refractivity contribution in [2.24, 2.45) is 0 Å². The fraction of sp³-hybridized carbons (Fsp3) is 0.429. The van der Waals surface area contributed by atoms with Gasteiger partial charge in [0.2, 0.25) is 15.9 Å². The number of ether oxygens (including phenoxy) is 1. The van der Waals surface area contributed by atoms with Crippen LogP contribution < -0.4 is 10.1 Å². The largest absolute Gasteiger partial charge is 0.497 e. The number of anilines is 1. The molecule has 1 aromatic carbocycles. The van der Waals surface area contributed by atoms with Crippen molar-refractivity contribution in [1.82, 2.24) is 4.31 Å². The monoisotopic (exact) mass is 344 g/mol. The first-order valence-electron chi connectivity index (χ1n) is 6.94. The number of amides is 1. The van der Waals surface area contributed by atoms with E-state index in [0.717, 1.165) is 0 Å². The molecule has 0 unspecified atom stereocenters. The van der Waals surface area contributed by atoms with Crippen LogP contribution in [-0.4, -0.2) is 55.7 Å². The van der Waals surface area contributed by atoms with Gasteiger partial charge in [0, 0.05) is 13.1 Å². The Bertz CT molecular complexity index is 683. The Morgan fingerprint density at radius 2 is 1.87 bits per heavy atom. The molecule has 0 aliphatic heterocycles. The highest BCUT2D eigenvalue weighted by atomic mass is 32.2. The molecule has 23 heavy (non-hydrogen) atoms. The first kappa shape index (κ1) is 18.9. The molecule has 0 saturated heterocycles. The van der Waals surface area contributed by atoms with Gasteiger partial charge in [-0.2, -0.15) is 0 Å². The SMILES string of the molecule is CCN(CC)S(=O)(=O)CC(=O)Nc1ccc(OC)cc1C(=O)O. The zero-order valence-corrected chi connectivity index (χ0v) is 14.0. The second-order valence-corrected chi connectivity index (χ2v) is 6.57. The van der Waals surface area contributed by atoms with Crippen LogP contribution in [0.5, 0.6) is 5.75 Å². The van der Waals surface area contributed by atoms with Crippen LogP contribution in [0.1, 0.15) is 24.2 Å². The summed E-state index contributed by atoms with van der Waals surface area (Å²) < 4.78 is 30.2. The maximum atomic E-state index is 12.0. The Kier molecular flexibility index (Phi) is 6.52. The highest BCUT2D eigenvalue weighted by Crippen LogP contribution is 2.22. The topological polar surface area (TPSA) is 113 Å². The lowest BCUT2D eigenvalue weighted by atomic mass is 10.1. The van der Waals surface area contributed by atoms with Crippen LogP contribution in [0.15, 0.2) is 18.2 Å². The van der Waals surface area contributed by atoms with Gasteiger partial charge >= 0.3 is 5.97 Å². The molecule has 0 saturated carbocycles. The van der Waals surface area contributed by atoms with Gasteiger partial charge in [-0.15, -0.1) is 0 Å². The van der Waals surface area contributed by atoms with Gasteiger partial charge in [0.25, 0.3) is 0 Å². The summed E-state index contributed by atoms with van der Waals surface area (Å²) in [7, 11) is -2.35. The lowest BCUT2D eigenvalue weighted by molar-refractivity contribution is -0.113. The quantitative estimate of drug-likeness (QED) is 0.727. The van der Waals surface area contributed by atoms with Crippen molar-refractivity contribution in [3.8, 4) is 5.75 Å². The number of carboxylic acid groups (broad SMARTS) is 1. The van der Waals surface area contributed by atoms with E-state index in [0.29, 0.717) is 5.75 Å². The normalized spacial score (nSPS) is 11.3. The van der Waals surface area contributed by atoms with E-state index in [4.69, 9.17) is 9.84 Å². The van der Waals surface area contributed by atoms with E-state index in [-0.39, 0.29) is 24.3 Å². The molecule has 0 spiro atoms. The fourth-order valence-electron chi connectivity index (χ4n) is 2.00. The number of carbonyl (C=O) groups excluding carboxylic acids is 1. The van der Waals surface area contributed by atoms with Crippen LogP contribution in [0.3, 0.4) is 0 Å². The summed E-state index contributed by atoms with van der Waals surface area (Å²) in [4.78, 5) is 23.2. The van der Waals surface area contributed by atoms with Gasteiger partial charge in [-0.3, -0.25) is 4.79 Å². The van der Waals surface area contributed by atoms with Gasteiger partial charge in [-0.05, 0) is 18.2 Å². The predicted octanol–water partition coefficient (Wildman–Crippen LogP) is 1.00. The van der Waals surface area contributed by atoms with Crippen LogP contribution in [0.4, 0.5) is 5.69 Å². The number of rotatable bonds is 8. The van der Waals surface area contributed by atoms with Crippen molar-refractivity contribution in [2.75, 3.05) is 31.3 Å². The van der Waals surface area contributed by atoms with Crippen LogP contribution in [0.25, 0.3) is 0 Å². The lowest BCUT2D eigenvalue weighted by Gasteiger charge is -2.18. The fourth-order valence-corrected chi connectivity index (χ4v) is 3.37. The average molecular weight is 344 g/mol. The average Bonchev–Trinajstić information content (AvgIpc) is 2.47. The molecular weight excluding hydrogens is 324 g/mol. The smallest absolute Gasteiger partial charge is 0.337 e. The third-order valence-corrected chi connectivity index (χ3v) is 5.07. The van der Waals surface area contributed by atoms with Crippen LogP contribution >= 0.6 is 0 Å². The number of nitrogens with one attached hydrogen (secondary N) is 1. The molecule has 2 N–H and O–H groups in total. The molecule has 9 heteroatoms. The van der Waals surface area contributed by atoms with E-state index < -0.39 is 27.7 Å². The van der Waals surface area contributed by atoms with E-state index in [1.165, 1.54) is 29.6 Å². The number of carbonyl (C=O) groups is 2. The number of nitrogens with zero attached hydrogens (tertiary/aromatic N) is 1. The molecule has 0 bridgehead atoms. The molecule has 1 rings (SSSR count). The Morgan fingerprint density at radius 3 is 2.35 bits per heavy atom. The number of benzene rings is 1. The molecule has 128 valence electrons. The maximum absolute atomic E-state index is 12.0. The van der Waals surface area contributed by atoms with Gasteiger partial charge in [0.1, 0.15) is 11.5 Å². The zero-order valence-electron chi connectivity index (χ0n) is 13.2. The second-order valence-electron chi connectivity index (χ2n) is 4.61. The number of carboxylic acids is 1. The van der Waals surface area contributed by atoms with Crippen molar-refractivity contribution in [3.63, 3.8) is 0 Å². The third-order valence-electron chi connectivity index (χ3n) is 3.14. The van der Waals surface area contributed by atoms with Crippen molar-refractivity contribution in [2.45, 2.75) is 13.8 Å². The van der Waals surface area contributed by atoms with Crippen LogP contribution in [-0.2, 0) is 14.8 Å². The molecule has 0 fully saturated rings. The maximum Gasteiger partial charge on any atom is 0.337 e. The van der Waals surface area contributed by atoms with Gasteiger partial charge in [0.15, 0.2) is 0 Å². The Morgan fingerprint density at radius 1 is 1.26 bits per heavy atom. The molecule has 0 aliphatic rings.